The summed E-state index contributed by atoms with van der Waals surface area (Å²) in [5.74, 6) is 0.750. The van der Waals surface area contributed by atoms with Crippen molar-refractivity contribution >= 4 is 12.6 Å². The van der Waals surface area contributed by atoms with Gasteiger partial charge < -0.3 is 24.8 Å². The number of nitrogens with one attached hydrogen (secondary N) is 1. The lowest BCUT2D eigenvalue weighted by Gasteiger charge is -2.17. The number of nitrogens with zero attached hydrogens (tertiary/aromatic N) is 1. The number of carbonyl (C=O) groups excluding carboxylic acids is 1. The van der Waals surface area contributed by atoms with Gasteiger partial charge in [0, 0.05) is 11.1 Å². The van der Waals surface area contributed by atoms with Gasteiger partial charge in [-0.25, -0.2) is 4.79 Å². The van der Waals surface area contributed by atoms with E-state index in [1.165, 1.54) is 38.5 Å². The number of aryl methyl sites for hydroxylation is 1. The smallest absolute Gasteiger partial charge is 0.407 e. The quantitative estimate of drug-likeness (QED) is 0.462. The van der Waals surface area contributed by atoms with Crippen molar-refractivity contribution in [3.63, 3.8) is 0 Å². The molecular weight excluding hydrogens is 424 g/mol. The highest BCUT2D eigenvalue weighted by Crippen LogP contribution is 2.27. The van der Waals surface area contributed by atoms with E-state index in [4.69, 9.17) is 19.2 Å². The van der Waals surface area contributed by atoms with E-state index < -0.39 is 6.09 Å². The monoisotopic (exact) mass is 462 g/mol. The van der Waals surface area contributed by atoms with Crippen molar-refractivity contribution in [3.8, 4) is 17.1 Å². The highest BCUT2D eigenvalue weighted by molar-refractivity contribution is 5.68. The van der Waals surface area contributed by atoms with Gasteiger partial charge in [0.1, 0.15) is 5.75 Å². The zero-order valence-electron chi connectivity index (χ0n) is 20.2. The van der Waals surface area contributed by atoms with E-state index in [9.17, 15) is 9.90 Å². The first kappa shape index (κ1) is 28.0. The molecule has 1 aliphatic rings. The van der Waals surface area contributed by atoms with Crippen molar-refractivity contribution in [3.05, 3.63) is 35.5 Å². The molecule has 8 heteroatoms. The van der Waals surface area contributed by atoms with Crippen LogP contribution in [-0.4, -0.2) is 34.5 Å². The van der Waals surface area contributed by atoms with Crippen molar-refractivity contribution in [1.29, 1.82) is 0 Å². The molecule has 0 bridgehead atoms. The van der Waals surface area contributed by atoms with Crippen LogP contribution in [0.4, 0.5) is 4.79 Å². The summed E-state index contributed by atoms with van der Waals surface area (Å²) in [7, 11) is 0. The molecule has 0 atom stereocenters. The SMILES string of the molecule is C1CCCCC1.Cc1noc(-c2ccc(O)cc2)c1CNC(=O)OCCC(C)(C)C.O=CO. The van der Waals surface area contributed by atoms with Gasteiger partial charge >= 0.3 is 6.09 Å². The molecule has 0 aliphatic heterocycles. The first-order valence-electron chi connectivity index (χ1n) is 11.4. The van der Waals surface area contributed by atoms with E-state index in [2.05, 4.69) is 31.2 Å². The molecule has 184 valence electrons. The minimum absolute atomic E-state index is 0.122. The number of carboxylic acid groups (broad SMARTS) is 1. The summed E-state index contributed by atoms with van der Waals surface area (Å²) >= 11 is 0. The molecular formula is C25H38N2O6. The lowest BCUT2D eigenvalue weighted by atomic mass is 9.93. The number of hydrogen-bond acceptors (Lipinski definition) is 6. The zero-order chi connectivity index (χ0) is 24.7. The first-order valence-corrected chi connectivity index (χ1v) is 11.4. The number of aromatic nitrogens is 1. The van der Waals surface area contributed by atoms with Gasteiger partial charge in [-0.3, -0.25) is 4.79 Å². The van der Waals surface area contributed by atoms with Crippen molar-refractivity contribution in [2.24, 2.45) is 5.41 Å². The first-order chi connectivity index (χ1) is 15.7. The molecule has 1 fully saturated rings. The van der Waals surface area contributed by atoms with Crippen LogP contribution in [0.2, 0.25) is 0 Å². The summed E-state index contributed by atoms with van der Waals surface area (Å²) in [5, 5.41) is 22.9. The maximum Gasteiger partial charge on any atom is 0.407 e. The third kappa shape index (κ3) is 12.0. The number of hydrogen-bond donors (Lipinski definition) is 3. The minimum atomic E-state index is -0.462. The van der Waals surface area contributed by atoms with E-state index in [1.54, 1.807) is 24.3 Å². The Morgan fingerprint density at radius 1 is 1.12 bits per heavy atom. The highest BCUT2D eigenvalue weighted by Gasteiger charge is 2.17. The standard InChI is InChI=1S/C18H24N2O4.C6H12.CH2O2/c1-12-15(11-19-17(22)23-10-9-18(2,3)4)16(24-20-12)13-5-7-14(21)8-6-13;1-2-4-6-5-3-1;2-1-3/h5-8,21H,9-11H2,1-4H3,(H,19,22);1-6H2;1H,(H,2,3). The number of aromatic hydroxyl groups is 1. The summed E-state index contributed by atoms with van der Waals surface area (Å²) in [6, 6.07) is 6.62. The molecule has 0 radical (unpaired) electrons. The fraction of sp³-hybridized carbons (Fsp3) is 0.560. The van der Waals surface area contributed by atoms with Gasteiger partial charge in [0.05, 0.1) is 18.8 Å². The van der Waals surface area contributed by atoms with Gasteiger partial charge in [-0.2, -0.15) is 0 Å². The number of ether oxygens (including phenoxy) is 1. The molecule has 1 saturated carbocycles. The van der Waals surface area contributed by atoms with E-state index >= 15 is 0 Å². The fourth-order valence-corrected chi connectivity index (χ4v) is 3.16. The van der Waals surface area contributed by atoms with Crippen molar-refractivity contribution in [2.45, 2.75) is 79.2 Å². The van der Waals surface area contributed by atoms with E-state index in [1.807, 2.05) is 6.92 Å². The molecule has 3 rings (SSSR count). The topological polar surface area (TPSA) is 122 Å². The highest BCUT2D eigenvalue weighted by atomic mass is 16.5. The average molecular weight is 463 g/mol. The Bertz CT molecular complexity index is 809. The summed E-state index contributed by atoms with van der Waals surface area (Å²) < 4.78 is 10.5. The molecule has 0 saturated heterocycles. The van der Waals surface area contributed by atoms with Crippen LogP contribution in [-0.2, 0) is 16.1 Å². The normalized spacial score (nSPS) is 13.0. The predicted octanol–water partition coefficient (Wildman–Crippen LogP) is 6.06. The maximum atomic E-state index is 11.8. The van der Waals surface area contributed by atoms with Crippen LogP contribution in [0, 0.1) is 12.3 Å². The van der Waals surface area contributed by atoms with Crippen molar-refractivity contribution in [2.75, 3.05) is 6.61 Å². The van der Waals surface area contributed by atoms with Gasteiger partial charge in [0.2, 0.25) is 0 Å². The number of phenolic OH excluding ortho intramolecular Hbond substituents is 1. The minimum Gasteiger partial charge on any atom is -0.508 e. The molecule has 1 aliphatic carbocycles. The second-order valence-corrected chi connectivity index (χ2v) is 9.15. The predicted molar refractivity (Wildman–Crippen MR) is 127 cm³/mol. The Hall–Kier alpha value is -3.03. The number of phenols is 1. The third-order valence-electron chi connectivity index (χ3n) is 5.11. The van der Waals surface area contributed by atoms with Gasteiger partial charge in [0.15, 0.2) is 5.76 Å². The van der Waals surface area contributed by atoms with Crippen LogP contribution in [0.1, 0.15) is 77.0 Å². The van der Waals surface area contributed by atoms with Crippen molar-refractivity contribution < 1.29 is 29.1 Å². The zero-order valence-corrected chi connectivity index (χ0v) is 20.2. The van der Waals surface area contributed by atoms with E-state index in [0.717, 1.165) is 17.5 Å². The average Bonchev–Trinajstić information content (AvgIpc) is 3.14. The maximum absolute atomic E-state index is 11.8. The van der Waals surface area contributed by atoms with Crippen molar-refractivity contribution in [1.82, 2.24) is 10.5 Å². The Balaban J connectivity index is 0.000000506. The summed E-state index contributed by atoms with van der Waals surface area (Å²) in [6.45, 7) is 8.49. The summed E-state index contributed by atoms with van der Waals surface area (Å²) in [5.41, 5.74) is 2.39. The summed E-state index contributed by atoms with van der Waals surface area (Å²) in [6.07, 6.45) is 9.34. The second kappa shape index (κ2) is 14.9. The van der Waals surface area contributed by atoms with Crippen LogP contribution in [0.3, 0.4) is 0 Å². The van der Waals surface area contributed by atoms with Gasteiger partial charge in [-0.15, -0.1) is 0 Å². The van der Waals surface area contributed by atoms with Crippen LogP contribution in [0.5, 0.6) is 5.75 Å². The van der Waals surface area contributed by atoms with Crippen LogP contribution >= 0.6 is 0 Å². The van der Waals surface area contributed by atoms with E-state index in [0.29, 0.717) is 18.1 Å². The molecule has 3 N–H and O–H groups in total. The largest absolute Gasteiger partial charge is 0.508 e. The molecule has 33 heavy (non-hydrogen) atoms. The van der Waals surface area contributed by atoms with Crippen LogP contribution in [0.25, 0.3) is 11.3 Å². The molecule has 1 amide bonds. The second-order valence-electron chi connectivity index (χ2n) is 9.15. The summed E-state index contributed by atoms with van der Waals surface area (Å²) in [4.78, 5) is 20.2. The molecule has 1 aromatic heterocycles. The lowest BCUT2D eigenvalue weighted by Crippen LogP contribution is -2.25. The number of benzene rings is 1. The van der Waals surface area contributed by atoms with Gasteiger partial charge in [0.25, 0.3) is 6.47 Å². The van der Waals surface area contributed by atoms with E-state index in [-0.39, 0.29) is 24.2 Å². The van der Waals surface area contributed by atoms with Crippen LogP contribution in [0.15, 0.2) is 28.8 Å². The number of amides is 1. The molecule has 2 aromatic rings. The molecule has 1 aromatic carbocycles. The third-order valence-corrected chi connectivity index (χ3v) is 5.11. The lowest BCUT2D eigenvalue weighted by molar-refractivity contribution is -0.122. The van der Waals surface area contributed by atoms with Gasteiger partial charge in [-0.05, 0) is 43.0 Å². The molecule has 1 heterocycles. The fourth-order valence-electron chi connectivity index (χ4n) is 3.16. The number of carbonyl (C=O) groups is 2. The van der Waals surface area contributed by atoms with Crippen LogP contribution < -0.4 is 5.32 Å². The number of alkyl carbamates (subject to hydrolysis) is 1. The Morgan fingerprint density at radius 3 is 2.12 bits per heavy atom. The Kier molecular flexibility index (Phi) is 12.7. The number of rotatable bonds is 5. The Morgan fingerprint density at radius 2 is 1.64 bits per heavy atom. The molecule has 0 unspecified atom stereocenters. The molecule has 8 nitrogen and oxygen atoms in total. The van der Waals surface area contributed by atoms with Gasteiger partial charge in [-0.1, -0.05) is 64.5 Å². The molecule has 0 spiro atoms. The Labute approximate surface area is 196 Å².